The van der Waals surface area contributed by atoms with Gasteiger partial charge in [-0.15, -0.1) is 0 Å². The topological polar surface area (TPSA) is 88.7 Å². The maximum atomic E-state index is 12.8. The van der Waals surface area contributed by atoms with Gasteiger partial charge in [0.1, 0.15) is 22.5 Å². The van der Waals surface area contributed by atoms with Crippen LogP contribution in [0.15, 0.2) is 33.9 Å². The van der Waals surface area contributed by atoms with Crippen molar-refractivity contribution in [3.05, 3.63) is 41.4 Å². The molecule has 2 N–H and O–H groups in total. The number of alkyl halides is 3. The number of hydrogen-bond donors (Lipinski definition) is 1. The number of hydrogen-bond acceptors (Lipinski definition) is 6. The minimum absolute atomic E-state index is 0.00725. The van der Waals surface area contributed by atoms with E-state index in [0.717, 1.165) is 23.9 Å². The molecule has 0 aliphatic heterocycles. The maximum Gasteiger partial charge on any atom is 0.433 e. The zero-order valence-electron chi connectivity index (χ0n) is 11.2. The molecule has 22 heavy (non-hydrogen) atoms. The molecule has 0 fully saturated rings. The Morgan fingerprint density at radius 3 is 2.68 bits per heavy atom. The summed E-state index contributed by atoms with van der Waals surface area (Å²) in [7, 11) is 0. The highest BCUT2D eigenvalue weighted by Gasteiger charge is 2.33. The molecule has 1 unspecified atom stereocenters. The predicted molar refractivity (Wildman–Crippen MR) is 72.7 cm³/mol. The summed E-state index contributed by atoms with van der Waals surface area (Å²) < 4.78 is 43.3. The highest BCUT2D eigenvalue weighted by Crippen LogP contribution is 2.39. The molecule has 0 saturated carbocycles. The van der Waals surface area contributed by atoms with Crippen LogP contribution in [0.5, 0.6) is 0 Å². The third kappa shape index (κ3) is 3.78. The Bertz CT molecular complexity index is 667. The second kappa shape index (κ2) is 6.81. The number of aromatic nitrogens is 2. The van der Waals surface area contributed by atoms with Gasteiger partial charge in [-0.25, -0.2) is 4.98 Å². The van der Waals surface area contributed by atoms with Crippen molar-refractivity contribution in [2.75, 3.05) is 6.54 Å². The van der Waals surface area contributed by atoms with Gasteiger partial charge >= 0.3 is 6.18 Å². The standard InChI is InChI=1S/C13H11F3N4OS/c14-13(15,16)11-2-1-8(7-18)12(20-11)22-10(3-5-17)9-4-6-19-21-9/h1-2,4,6,10H,3,5,17H2. The number of pyridine rings is 1. The van der Waals surface area contributed by atoms with Crippen molar-refractivity contribution in [1.82, 2.24) is 10.1 Å². The molecule has 0 bridgehead atoms. The number of nitriles is 1. The first-order valence-electron chi connectivity index (χ1n) is 6.21. The molecular weight excluding hydrogens is 317 g/mol. The van der Waals surface area contributed by atoms with E-state index in [1.165, 1.54) is 6.20 Å². The van der Waals surface area contributed by atoms with E-state index < -0.39 is 11.9 Å². The molecule has 2 aromatic heterocycles. The van der Waals surface area contributed by atoms with E-state index in [9.17, 15) is 13.2 Å². The average molecular weight is 328 g/mol. The number of thioether (sulfide) groups is 1. The lowest BCUT2D eigenvalue weighted by atomic mass is 10.2. The fourth-order valence-corrected chi connectivity index (χ4v) is 2.86. The van der Waals surface area contributed by atoms with E-state index >= 15 is 0 Å². The van der Waals surface area contributed by atoms with Gasteiger partial charge < -0.3 is 10.3 Å². The summed E-state index contributed by atoms with van der Waals surface area (Å²) >= 11 is 1.01. The van der Waals surface area contributed by atoms with Crippen LogP contribution in [0.2, 0.25) is 0 Å². The largest absolute Gasteiger partial charge is 0.433 e. The Morgan fingerprint density at radius 1 is 1.36 bits per heavy atom. The minimum atomic E-state index is -4.57. The van der Waals surface area contributed by atoms with Crippen molar-refractivity contribution < 1.29 is 17.7 Å². The molecule has 0 spiro atoms. The zero-order valence-corrected chi connectivity index (χ0v) is 12.0. The molecule has 116 valence electrons. The molecule has 0 aromatic carbocycles. The molecule has 0 aliphatic carbocycles. The fourth-order valence-electron chi connectivity index (χ4n) is 1.71. The molecule has 2 rings (SSSR count). The van der Waals surface area contributed by atoms with Crippen LogP contribution in [0, 0.1) is 11.3 Å². The molecule has 9 heteroatoms. The molecule has 0 saturated heterocycles. The van der Waals surface area contributed by atoms with E-state index in [-0.39, 0.29) is 15.8 Å². The molecule has 2 heterocycles. The lowest BCUT2D eigenvalue weighted by Crippen LogP contribution is -2.10. The van der Waals surface area contributed by atoms with Crippen LogP contribution in [0.4, 0.5) is 13.2 Å². The highest BCUT2D eigenvalue weighted by molar-refractivity contribution is 7.99. The van der Waals surface area contributed by atoms with E-state index in [2.05, 4.69) is 10.1 Å². The van der Waals surface area contributed by atoms with Crippen molar-refractivity contribution in [1.29, 1.82) is 5.26 Å². The van der Waals surface area contributed by atoms with Gasteiger partial charge in [-0.3, -0.25) is 0 Å². The molecule has 5 nitrogen and oxygen atoms in total. The van der Waals surface area contributed by atoms with Crippen molar-refractivity contribution in [2.45, 2.75) is 22.9 Å². The van der Waals surface area contributed by atoms with Gasteiger partial charge in [0.25, 0.3) is 0 Å². The van der Waals surface area contributed by atoms with Gasteiger partial charge in [-0.1, -0.05) is 16.9 Å². The summed E-state index contributed by atoms with van der Waals surface area (Å²) in [6.07, 6.45) is -2.69. The summed E-state index contributed by atoms with van der Waals surface area (Å²) in [5.41, 5.74) is 4.54. The van der Waals surface area contributed by atoms with Crippen LogP contribution in [0.3, 0.4) is 0 Å². The smallest absolute Gasteiger partial charge is 0.360 e. The Morgan fingerprint density at radius 2 is 2.14 bits per heavy atom. The van der Waals surface area contributed by atoms with Crippen molar-refractivity contribution >= 4 is 11.8 Å². The minimum Gasteiger partial charge on any atom is -0.360 e. The average Bonchev–Trinajstić information content (AvgIpc) is 3.00. The van der Waals surface area contributed by atoms with Crippen LogP contribution in [0.25, 0.3) is 0 Å². The monoisotopic (exact) mass is 328 g/mol. The second-order valence-electron chi connectivity index (χ2n) is 4.26. The Labute approximate surface area is 128 Å². The molecule has 1 atom stereocenters. The molecule has 0 aliphatic rings. The first-order chi connectivity index (χ1) is 10.5. The van der Waals surface area contributed by atoms with Gasteiger partial charge in [0.15, 0.2) is 0 Å². The Balaban J connectivity index is 2.35. The molecule has 0 amide bonds. The summed E-state index contributed by atoms with van der Waals surface area (Å²) in [5, 5.41) is 12.2. The fraction of sp³-hybridized carbons (Fsp3) is 0.308. The predicted octanol–water partition coefficient (Wildman–Crippen LogP) is 3.14. The molecule has 2 aromatic rings. The van der Waals surface area contributed by atoms with E-state index in [4.69, 9.17) is 15.5 Å². The highest BCUT2D eigenvalue weighted by atomic mass is 32.2. The van der Waals surface area contributed by atoms with Crippen LogP contribution >= 0.6 is 11.8 Å². The second-order valence-corrected chi connectivity index (χ2v) is 5.45. The first-order valence-corrected chi connectivity index (χ1v) is 7.09. The molecule has 0 radical (unpaired) electrons. The third-order valence-electron chi connectivity index (χ3n) is 2.73. The van der Waals surface area contributed by atoms with E-state index in [1.54, 1.807) is 6.07 Å². The lowest BCUT2D eigenvalue weighted by Gasteiger charge is -2.14. The maximum absolute atomic E-state index is 12.8. The first kappa shape index (κ1) is 16.3. The van der Waals surface area contributed by atoms with Crippen LogP contribution in [-0.2, 0) is 6.18 Å². The SMILES string of the molecule is N#Cc1ccc(C(F)(F)F)nc1SC(CCN)c1ccno1. The third-order valence-corrected chi connectivity index (χ3v) is 4.02. The number of nitrogens with two attached hydrogens (primary N) is 1. The normalized spacial score (nSPS) is 12.9. The summed E-state index contributed by atoms with van der Waals surface area (Å²) in [4.78, 5) is 3.56. The number of nitrogens with zero attached hydrogens (tertiary/aromatic N) is 3. The van der Waals surface area contributed by atoms with E-state index in [1.807, 2.05) is 6.07 Å². The van der Waals surface area contributed by atoms with Gasteiger partial charge in [0.2, 0.25) is 0 Å². The number of rotatable bonds is 5. The van der Waals surface area contributed by atoms with Crippen molar-refractivity contribution in [2.24, 2.45) is 5.73 Å². The van der Waals surface area contributed by atoms with Crippen molar-refractivity contribution in [3.63, 3.8) is 0 Å². The van der Waals surface area contributed by atoms with Gasteiger partial charge in [0.05, 0.1) is 17.0 Å². The van der Waals surface area contributed by atoms with Crippen LogP contribution < -0.4 is 5.73 Å². The zero-order chi connectivity index (χ0) is 16.2. The van der Waals surface area contributed by atoms with Crippen LogP contribution in [0.1, 0.15) is 28.7 Å². The number of halogens is 3. The summed E-state index contributed by atoms with van der Waals surface area (Å²) in [5.74, 6) is 0.471. The lowest BCUT2D eigenvalue weighted by molar-refractivity contribution is -0.141. The summed E-state index contributed by atoms with van der Waals surface area (Å²) in [6, 6.07) is 5.34. The van der Waals surface area contributed by atoms with E-state index in [0.29, 0.717) is 18.7 Å². The van der Waals surface area contributed by atoms with Gasteiger partial charge in [-0.2, -0.15) is 18.4 Å². The molecular formula is C13H11F3N4OS. The Hall–Kier alpha value is -2.05. The Kier molecular flexibility index (Phi) is 5.05. The van der Waals surface area contributed by atoms with Gasteiger partial charge in [-0.05, 0) is 25.1 Å². The quantitative estimate of drug-likeness (QED) is 0.848. The van der Waals surface area contributed by atoms with Crippen molar-refractivity contribution in [3.8, 4) is 6.07 Å². The van der Waals surface area contributed by atoms with Crippen LogP contribution in [-0.4, -0.2) is 16.7 Å². The van der Waals surface area contributed by atoms with Gasteiger partial charge in [0, 0.05) is 6.07 Å². The summed E-state index contributed by atoms with van der Waals surface area (Å²) in [6.45, 7) is 0.305.